The number of nitrogens with zero attached hydrogens (tertiary/aromatic N) is 3. The average molecular weight is 165 g/mol. The highest BCUT2D eigenvalue weighted by molar-refractivity contribution is 5.76. The van der Waals surface area contributed by atoms with Gasteiger partial charge >= 0.3 is 0 Å². The summed E-state index contributed by atoms with van der Waals surface area (Å²) in [5.74, 6) is 10.5. The van der Waals surface area contributed by atoms with Gasteiger partial charge in [-0.25, -0.2) is 5.84 Å². The lowest BCUT2D eigenvalue weighted by Gasteiger charge is -2.11. The highest BCUT2D eigenvalue weighted by atomic mass is 15.4. The van der Waals surface area contributed by atoms with Gasteiger partial charge in [-0.2, -0.15) is 5.10 Å². The number of aryl methyl sites for hydroxylation is 1. The monoisotopic (exact) mass is 165 g/mol. The molecule has 0 atom stereocenters. The van der Waals surface area contributed by atoms with Crippen LogP contribution < -0.4 is 16.7 Å². The van der Waals surface area contributed by atoms with Gasteiger partial charge in [0.25, 0.3) is 0 Å². The van der Waals surface area contributed by atoms with E-state index in [9.17, 15) is 0 Å². The molecule has 0 aliphatic carbocycles. The van der Waals surface area contributed by atoms with Crippen molar-refractivity contribution < 1.29 is 0 Å². The molecule has 0 aliphatic heterocycles. The molecule has 0 saturated heterocycles. The van der Waals surface area contributed by atoms with E-state index in [1.54, 1.807) is 12.4 Å². The van der Waals surface area contributed by atoms with Crippen molar-refractivity contribution in [2.45, 2.75) is 6.92 Å². The molecule has 5 nitrogen and oxygen atoms in total. The van der Waals surface area contributed by atoms with Crippen molar-refractivity contribution >= 4 is 12.0 Å². The Morgan fingerprint density at radius 3 is 2.92 bits per heavy atom. The molecule has 0 saturated carbocycles. The van der Waals surface area contributed by atoms with Crippen molar-refractivity contribution in [3.8, 4) is 0 Å². The highest BCUT2D eigenvalue weighted by Crippen LogP contribution is 2.08. The molecule has 0 spiro atoms. The molecule has 0 fully saturated rings. The van der Waals surface area contributed by atoms with Crippen molar-refractivity contribution in [1.82, 2.24) is 4.98 Å². The molecule has 12 heavy (non-hydrogen) atoms. The second-order valence-corrected chi connectivity index (χ2v) is 2.39. The first-order valence-electron chi connectivity index (χ1n) is 3.43. The van der Waals surface area contributed by atoms with Crippen molar-refractivity contribution in [2.24, 2.45) is 16.8 Å². The minimum atomic E-state index is 0.754. The van der Waals surface area contributed by atoms with Gasteiger partial charge in [0.15, 0.2) is 0 Å². The molecule has 1 heterocycles. The molecular formula is C7H11N5. The van der Waals surface area contributed by atoms with Gasteiger partial charge in [-0.1, -0.05) is 0 Å². The SMILES string of the molecule is Cc1cncc(N(N)/C=N\N)c1. The summed E-state index contributed by atoms with van der Waals surface area (Å²) in [6.07, 6.45) is 4.70. The Balaban J connectivity index is 2.87. The number of nitrogens with two attached hydrogens (primary N) is 2. The van der Waals surface area contributed by atoms with Crippen LogP contribution in [0, 0.1) is 6.92 Å². The van der Waals surface area contributed by atoms with E-state index in [1.807, 2.05) is 13.0 Å². The summed E-state index contributed by atoms with van der Waals surface area (Å²) >= 11 is 0. The summed E-state index contributed by atoms with van der Waals surface area (Å²) in [5.41, 5.74) is 1.79. The molecule has 1 aromatic rings. The van der Waals surface area contributed by atoms with Crippen LogP contribution in [-0.4, -0.2) is 11.3 Å². The Bertz CT molecular complexity index is 283. The molecule has 0 radical (unpaired) electrons. The van der Waals surface area contributed by atoms with Gasteiger partial charge in [0.1, 0.15) is 6.34 Å². The molecule has 5 heteroatoms. The summed E-state index contributed by atoms with van der Waals surface area (Å²) < 4.78 is 0. The molecule has 0 aliphatic rings. The van der Waals surface area contributed by atoms with Crippen LogP contribution in [0.5, 0.6) is 0 Å². The van der Waals surface area contributed by atoms with Crippen LogP contribution in [0.15, 0.2) is 23.6 Å². The van der Waals surface area contributed by atoms with Crippen LogP contribution in [0.3, 0.4) is 0 Å². The number of rotatable bonds is 2. The number of hydrogen-bond donors (Lipinski definition) is 2. The van der Waals surface area contributed by atoms with Crippen LogP contribution >= 0.6 is 0 Å². The fourth-order valence-corrected chi connectivity index (χ4v) is 0.819. The third-order valence-electron chi connectivity index (χ3n) is 1.35. The largest absolute Gasteiger partial charge is 0.322 e. The zero-order valence-electron chi connectivity index (χ0n) is 6.81. The van der Waals surface area contributed by atoms with E-state index in [4.69, 9.17) is 11.7 Å². The first-order valence-corrected chi connectivity index (χ1v) is 3.43. The fraction of sp³-hybridized carbons (Fsp3) is 0.143. The predicted octanol–water partition coefficient (Wildman–Crippen LogP) is -0.0279. The molecule has 1 rings (SSSR count). The van der Waals surface area contributed by atoms with Crippen LogP contribution in [0.25, 0.3) is 0 Å². The van der Waals surface area contributed by atoms with Gasteiger partial charge in [0.2, 0.25) is 0 Å². The summed E-state index contributed by atoms with van der Waals surface area (Å²) in [6, 6.07) is 1.88. The summed E-state index contributed by atoms with van der Waals surface area (Å²) in [5, 5.41) is 4.60. The van der Waals surface area contributed by atoms with Crippen molar-refractivity contribution in [3.05, 3.63) is 24.0 Å². The average Bonchev–Trinajstić information content (AvgIpc) is 2.05. The zero-order chi connectivity index (χ0) is 8.97. The Hall–Kier alpha value is -1.62. The number of hydrogen-bond acceptors (Lipinski definition) is 4. The minimum absolute atomic E-state index is 0.754. The smallest absolute Gasteiger partial charge is 0.129 e. The third kappa shape index (κ3) is 1.93. The first-order chi connectivity index (χ1) is 5.74. The highest BCUT2D eigenvalue weighted by Gasteiger charge is 1.97. The maximum Gasteiger partial charge on any atom is 0.129 e. The van der Waals surface area contributed by atoms with Gasteiger partial charge in [-0.3, -0.25) is 9.99 Å². The van der Waals surface area contributed by atoms with E-state index in [2.05, 4.69) is 10.1 Å². The summed E-state index contributed by atoms with van der Waals surface area (Å²) in [4.78, 5) is 3.96. The quantitative estimate of drug-likeness (QED) is 0.279. The van der Waals surface area contributed by atoms with Gasteiger partial charge in [0, 0.05) is 6.20 Å². The third-order valence-corrected chi connectivity index (χ3v) is 1.35. The normalized spacial score (nSPS) is 10.5. The van der Waals surface area contributed by atoms with E-state index in [0.717, 1.165) is 11.3 Å². The topological polar surface area (TPSA) is 80.5 Å². The molecule has 1 aromatic heterocycles. The van der Waals surface area contributed by atoms with Gasteiger partial charge in [0.05, 0.1) is 11.9 Å². The number of anilines is 1. The summed E-state index contributed by atoms with van der Waals surface area (Å²) in [7, 11) is 0. The maximum absolute atomic E-state index is 5.54. The molecule has 0 amide bonds. The lowest BCUT2D eigenvalue weighted by atomic mass is 10.3. The Morgan fingerprint density at radius 2 is 2.33 bits per heavy atom. The van der Waals surface area contributed by atoms with Crippen LogP contribution in [-0.2, 0) is 0 Å². The van der Waals surface area contributed by atoms with Gasteiger partial charge < -0.3 is 5.84 Å². The molecule has 0 unspecified atom stereocenters. The van der Waals surface area contributed by atoms with Crippen molar-refractivity contribution in [1.29, 1.82) is 0 Å². The second kappa shape index (κ2) is 3.68. The number of pyridine rings is 1. The van der Waals surface area contributed by atoms with Crippen LogP contribution in [0.2, 0.25) is 0 Å². The first kappa shape index (κ1) is 8.48. The maximum atomic E-state index is 5.54. The second-order valence-electron chi connectivity index (χ2n) is 2.39. The Morgan fingerprint density at radius 1 is 1.58 bits per heavy atom. The van der Waals surface area contributed by atoms with E-state index < -0.39 is 0 Å². The molecule has 0 bridgehead atoms. The van der Waals surface area contributed by atoms with E-state index in [0.29, 0.717) is 0 Å². The lowest BCUT2D eigenvalue weighted by Crippen LogP contribution is -2.29. The summed E-state index contributed by atoms with van der Waals surface area (Å²) in [6.45, 7) is 1.93. The molecule has 0 aromatic carbocycles. The lowest BCUT2D eigenvalue weighted by molar-refractivity contribution is 1.10. The van der Waals surface area contributed by atoms with Crippen LogP contribution in [0.4, 0.5) is 5.69 Å². The minimum Gasteiger partial charge on any atom is -0.322 e. The molecule has 4 N–H and O–H groups in total. The molecule has 64 valence electrons. The Labute approximate surface area is 70.7 Å². The van der Waals surface area contributed by atoms with Crippen LogP contribution in [0.1, 0.15) is 5.56 Å². The van der Waals surface area contributed by atoms with Gasteiger partial charge in [-0.05, 0) is 18.6 Å². The fourth-order valence-electron chi connectivity index (χ4n) is 0.819. The number of hydrazone groups is 1. The van der Waals surface area contributed by atoms with Crippen molar-refractivity contribution in [3.63, 3.8) is 0 Å². The standard InChI is InChI=1S/C7H11N5/c1-6-2-7(4-10-3-6)12(9)5-11-8/h2-5H,8-9H2,1H3/b11-5-. The number of aromatic nitrogens is 1. The zero-order valence-corrected chi connectivity index (χ0v) is 6.81. The number of hydrazine groups is 1. The van der Waals surface area contributed by atoms with E-state index in [-0.39, 0.29) is 0 Å². The Kier molecular flexibility index (Phi) is 2.60. The van der Waals surface area contributed by atoms with Crippen molar-refractivity contribution in [2.75, 3.05) is 5.01 Å². The molecular weight excluding hydrogens is 154 g/mol. The van der Waals surface area contributed by atoms with E-state index in [1.165, 1.54) is 11.3 Å². The van der Waals surface area contributed by atoms with E-state index >= 15 is 0 Å². The van der Waals surface area contributed by atoms with Gasteiger partial charge in [-0.15, -0.1) is 0 Å². The predicted molar refractivity (Wildman–Crippen MR) is 48.3 cm³/mol.